The topological polar surface area (TPSA) is 54.5 Å². The van der Waals surface area contributed by atoms with Gasteiger partial charge in [0.2, 0.25) is 5.91 Å². The molecule has 5 heteroatoms. The predicted molar refractivity (Wildman–Crippen MR) is 73.1 cm³/mol. The molecule has 0 aliphatic carbocycles. The van der Waals surface area contributed by atoms with Gasteiger partial charge in [-0.3, -0.25) is 4.79 Å². The zero-order chi connectivity index (χ0) is 13.8. The number of carbonyl (C=O) groups is 1. The van der Waals surface area contributed by atoms with Crippen LogP contribution in [0, 0.1) is 0 Å². The van der Waals surface area contributed by atoms with Crippen LogP contribution < -0.4 is 0 Å². The average Bonchev–Trinajstić information content (AvgIpc) is 2.36. The van der Waals surface area contributed by atoms with E-state index in [-0.39, 0.29) is 17.7 Å². The summed E-state index contributed by atoms with van der Waals surface area (Å²) < 4.78 is 23.8. The highest BCUT2D eigenvalue weighted by molar-refractivity contribution is 7.92. The molecule has 1 heterocycles. The SMILES string of the molecule is C=CCS(=O)(=O)C(C)C(=O)N1CCCCC1CC. The second-order valence-electron chi connectivity index (χ2n) is 4.85. The van der Waals surface area contributed by atoms with Crippen molar-refractivity contribution < 1.29 is 13.2 Å². The van der Waals surface area contributed by atoms with Crippen LogP contribution in [0.5, 0.6) is 0 Å². The van der Waals surface area contributed by atoms with Gasteiger partial charge in [0.15, 0.2) is 9.84 Å². The van der Waals surface area contributed by atoms with E-state index >= 15 is 0 Å². The van der Waals surface area contributed by atoms with Crippen molar-refractivity contribution in [3.05, 3.63) is 12.7 Å². The highest BCUT2D eigenvalue weighted by Gasteiger charge is 2.34. The van der Waals surface area contributed by atoms with Crippen molar-refractivity contribution in [2.24, 2.45) is 0 Å². The van der Waals surface area contributed by atoms with E-state index in [4.69, 9.17) is 0 Å². The molecule has 1 aliphatic heterocycles. The van der Waals surface area contributed by atoms with Gasteiger partial charge in [0, 0.05) is 12.6 Å². The third kappa shape index (κ3) is 3.34. The number of amides is 1. The van der Waals surface area contributed by atoms with Crippen LogP contribution in [0.25, 0.3) is 0 Å². The predicted octanol–water partition coefficient (Wildman–Crippen LogP) is 1.77. The van der Waals surface area contributed by atoms with E-state index < -0.39 is 15.1 Å². The van der Waals surface area contributed by atoms with Crippen molar-refractivity contribution in [1.82, 2.24) is 4.90 Å². The molecule has 4 nitrogen and oxygen atoms in total. The van der Waals surface area contributed by atoms with Gasteiger partial charge in [-0.25, -0.2) is 8.42 Å². The summed E-state index contributed by atoms with van der Waals surface area (Å²) in [5, 5.41) is -0.956. The van der Waals surface area contributed by atoms with Crippen molar-refractivity contribution in [2.75, 3.05) is 12.3 Å². The lowest BCUT2D eigenvalue weighted by Gasteiger charge is -2.36. The quantitative estimate of drug-likeness (QED) is 0.717. The van der Waals surface area contributed by atoms with E-state index in [0.29, 0.717) is 6.54 Å². The number of hydrogen-bond donors (Lipinski definition) is 0. The molecule has 104 valence electrons. The molecule has 1 aliphatic rings. The summed E-state index contributed by atoms with van der Waals surface area (Å²) in [6.45, 7) is 7.64. The molecule has 1 rings (SSSR count). The average molecular weight is 273 g/mol. The Morgan fingerprint density at radius 3 is 2.72 bits per heavy atom. The van der Waals surface area contributed by atoms with E-state index in [1.165, 1.54) is 13.0 Å². The van der Waals surface area contributed by atoms with Gasteiger partial charge in [0.25, 0.3) is 0 Å². The summed E-state index contributed by atoms with van der Waals surface area (Å²) in [6, 6.07) is 0.202. The van der Waals surface area contributed by atoms with Crippen LogP contribution in [0.4, 0.5) is 0 Å². The van der Waals surface area contributed by atoms with Crippen LogP contribution >= 0.6 is 0 Å². The second kappa shape index (κ2) is 6.36. The molecule has 1 fully saturated rings. The number of hydrogen-bond acceptors (Lipinski definition) is 3. The van der Waals surface area contributed by atoms with Crippen LogP contribution in [0.3, 0.4) is 0 Å². The minimum Gasteiger partial charge on any atom is -0.339 e. The largest absolute Gasteiger partial charge is 0.339 e. The molecule has 0 N–H and O–H groups in total. The third-order valence-electron chi connectivity index (χ3n) is 3.62. The Morgan fingerprint density at radius 2 is 2.17 bits per heavy atom. The fourth-order valence-electron chi connectivity index (χ4n) is 2.41. The lowest BCUT2D eigenvalue weighted by Crippen LogP contribution is -2.49. The lowest BCUT2D eigenvalue weighted by molar-refractivity contribution is -0.134. The molecule has 0 bridgehead atoms. The van der Waals surface area contributed by atoms with Gasteiger partial charge in [-0.2, -0.15) is 0 Å². The summed E-state index contributed by atoms with van der Waals surface area (Å²) in [6.07, 6.45) is 5.30. The van der Waals surface area contributed by atoms with Crippen LogP contribution in [0.2, 0.25) is 0 Å². The maximum absolute atomic E-state index is 12.3. The van der Waals surface area contributed by atoms with Crippen LogP contribution in [0.15, 0.2) is 12.7 Å². The van der Waals surface area contributed by atoms with Crippen LogP contribution in [-0.2, 0) is 14.6 Å². The van der Waals surface area contributed by atoms with Crippen molar-refractivity contribution in [1.29, 1.82) is 0 Å². The van der Waals surface area contributed by atoms with E-state index in [2.05, 4.69) is 6.58 Å². The molecule has 0 radical (unpaired) electrons. The Labute approximate surface area is 110 Å². The Hall–Kier alpha value is -0.840. The van der Waals surface area contributed by atoms with Crippen LogP contribution in [0.1, 0.15) is 39.5 Å². The Balaban J connectivity index is 2.82. The standard InChI is InChI=1S/C13H23NO3S/c1-4-10-18(16,17)11(3)13(15)14-9-7-6-8-12(14)5-2/h4,11-12H,1,5-10H2,2-3H3. The zero-order valence-electron chi connectivity index (χ0n) is 11.3. The van der Waals surface area contributed by atoms with Gasteiger partial charge in [0.1, 0.15) is 5.25 Å². The summed E-state index contributed by atoms with van der Waals surface area (Å²) in [5.41, 5.74) is 0. The second-order valence-corrected chi connectivity index (χ2v) is 7.22. The molecular weight excluding hydrogens is 250 g/mol. The molecule has 1 saturated heterocycles. The van der Waals surface area contributed by atoms with Gasteiger partial charge < -0.3 is 4.90 Å². The fraction of sp³-hybridized carbons (Fsp3) is 0.769. The smallest absolute Gasteiger partial charge is 0.240 e. The van der Waals surface area contributed by atoms with Crippen molar-refractivity contribution in [3.8, 4) is 0 Å². The van der Waals surface area contributed by atoms with Gasteiger partial charge >= 0.3 is 0 Å². The number of piperidine rings is 1. The summed E-state index contributed by atoms with van der Waals surface area (Å²) in [7, 11) is -3.40. The monoisotopic (exact) mass is 273 g/mol. The summed E-state index contributed by atoms with van der Waals surface area (Å²) >= 11 is 0. The van der Waals surface area contributed by atoms with Gasteiger partial charge in [0.05, 0.1) is 5.75 Å². The van der Waals surface area contributed by atoms with Crippen molar-refractivity contribution in [2.45, 2.75) is 50.8 Å². The first kappa shape index (κ1) is 15.2. The summed E-state index contributed by atoms with van der Waals surface area (Å²) in [4.78, 5) is 14.1. The summed E-state index contributed by atoms with van der Waals surface area (Å²) in [5.74, 6) is -0.381. The number of nitrogens with zero attached hydrogens (tertiary/aromatic N) is 1. The molecule has 2 unspecified atom stereocenters. The molecule has 2 atom stereocenters. The molecule has 0 saturated carbocycles. The Kier molecular flexibility index (Phi) is 5.38. The van der Waals surface area contributed by atoms with Gasteiger partial charge in [-0.1, -0.05) is 13.0 Å². The van der Waals surface area contributed by atoms with E-state index in [9.17, 15) is 13.2 Å². The minimum absolute atomic E-state index is 0.134. The molecule has 18 heavy (non-hydrogen) atoms. The Morgan fingerprint density at radius 1 is 1.50 bits per heavy atom. The number of rotatable bonds is 5. The van der Waals surface area contributed by atoms with Crippen molar-refractivity contribution in [3.63, 3.8) is 0 Å². The first-order valence-electron chi connectivity index (χ1n) is 6.57. The normalized spacial score (nSPS) is 22.6. The fourth-order valence-corrected chi connectivity index (χ4v) is 3.47. The van der Waals surface area contributed by atoms with Gasteiger partial charge in [-0.05, 0) is 32.6 Å². The molecule has 0 aromatic rings. The first-order chi connectivity index (χ1) is 8.44. The van der Waals surface area contributed by atoms with E-state index in [1.54, 1.807) is 4.90 Å². The number of carbonyl (C=O) groups excluding carboxylic acids is 1. The first-order valence-corrected chi connectivity index (χ1v) is 8.28. The molecular formula is C13H23NO3S. The molecule has 0 aromatic carbocycles. The van der Waals surface area contributed by atoms with Crippen LogP contribution in [-0.4, -0.2) is 42.8 Å². The van der Waals surface area contributed by atoms with Gasteiger partial charge in [-0.15, -0.1) is 6.58 Å². The molecule has 0 aromatic heterocycles. The maximum Gasteiger partial charge on any atom is 0.240 e. The molecule has 1 amide bonds. The molecule has 0 spiro atoms. The maximum atomic E-state index is 12.3. The highest BCUT2D eigenvalue weighted by atomic mass is 32.2. The van der Waals surface area contributed by atoms with E-state index in [0.717, 1.165) is 25.7 Å². The highest BCUT2D eigenvalue weighted by Crippen LogP contribution is 2.21. The number of likely N-dealkylation sites (tertiary alicyclic amines) is 1. The third-order valence-corrected chi connectivity index (χ3v) is 5.60. The number of sulfone groups is 1. The lowest BCUT2D eigenvalue weighted by atomic mass is 10.00. The van der Waals surface area contributed by atoms with E-state index in [1.807, 2.05) is 6.92 Å². The van der Waals surface area contributed by atoms with Crippen molar-refractivity contribution >= 4 is 15.7 Å². The Bertz CT molecular complexity index is 402. The zero-order valence-corrected chi connectivity index (χ0v) is 12.1. The minimum atomic E-state index is -3.40.